The Hall–Kier alpha value is -0.820. The predicted octanol–water partition coefficient (Wildman–Crippen LogP) is 4.16. The summed E-state index contributed by atoms with van der Waals surface area (Å²) in [5.74, 6) is 0.906. The summed E-state index contributed by atoms with van der Waals surface area (Å²) in [7, 11) is 2.23. The fraction of sp³-hybridized carbons (Fsp3) is 0.647. The Morgan fingerprint density at radius 2 is 1.50 bits per heavy atom. The molecule has 18 heavy (non-hydrogen) atoms. The van der Waals surface area contributed by atoms with Crippen LogP contribution in [0.5, 0.6) is 0 Å². The molecular formula is C17H29N. The number of nitrogens with zero attached hydrogens (tertiary/aromatic N) is 1. The van der Waals surface area contributed by atoms with Crippen LogP contribution in [0.15, 0.2) is 24.3 Å². The molecule has 1 fully saturated rings. The molecule has 1 saturated heterocycles. The highest BCUT2D eigenvalue weighted by Crippen LogP contribution is 2.21. The summed E-state index contributed by atoms with van der Waals surface area (Å²) in [5.41, 5.74) is 2.97. The molecule has 102 valence electrons. The van der Waals surface area contributed by atoms with Crippen LogP contribution in [-0.2, 0) is 12.8 Å². The van der Waals surface area contributed by atoms with Crippen molar-refractivity contribution in [3.05, 3.63) is 35.4 Å². The Kier molecular flexibility index (Phi) is 7.04. The average molecular weight is 247 g/mol. The van der Waals surface area contributed by atoms with Crippen molar-refractivity contribution in [1.82, 2.24) is 4.90 Å². The fourth-order valence-electron chi connectivity index (χ4n) is 2.51. The van der Waals surface area contributed by atoms with Crippen LogP contribution >= 0.6 is 0 Å². The quantitative estimate of drug-likeness (QED) is 0.775. The van der Waals surface area contributed by atoms with Crippen molar-refractivity contribution >= 4 is 0 Å². The molecule has 1 aromatic rings. The molecule has 0 amide bonds. The van der Waals surface area contributed by atoms with Gasteiger partial charge in [0, 0.05) is 0 Å². The van der Waals surface area contributed by atoms with E-state index in [1.807, 2.05) is 13.8 Å². The largest absolute Gasteiger partial charge is 0.306 e. The number of hydrogen-bond donors (Lipinski definition) is 0. The van der Waals surface area contributed by atoms with Gasteiger partial charge >= 0.3 is 0 Å². The topological polar surface area (TPSA) is 3.24 Å². The van der Waals surface area contributed by atoms with Crippen LogP contribution < -0.4 is 0 Å². The Morgan fingerprint density at radius 1 is 1.00 bits per heavy atom. The highest BCUT2D eigenvalue weighted by Gasteiger charge is 2.16. The van der Waals surface area contributed by atoms with Crippen molar-refractivity contribution in [3.8, 4) is 0 Å². The van der Waals surface area contributed by atoms with Gasteiger partial charge < -0.3 is 4.90 Å². The van der Waals surface area contributed by atoms with E-state index < -0.39 is 0 Å². The summed E-state index contributed by atoms with van der Waals surface area (Å²) in [6.45, 7) is 8.77. The minimum Gasteiger partial charge on any atom is -0.306 e. The third kappa shape index (κ3) is 4.81. The van der Waals surface area contributed by atoms with Crippen molar-refractivity contribution in [2.45, 2.75) is 46.5 Å². The van der Waals surface area contributed by atoms with E-state index in [9.17, 15) is 0 Å². The second-order valence-electron chi connectivity index (χ2n) is 5.12. The van der Waals surface area contributed by atoms with Gasteiger partial charge in [0.2, 0.25) is 0 Å². The van der Waals surface area contributed by atoms with Crippen molar-refractivity contribution in [2.75, 3.05) is 20.1 Å². The minimum absolute atomic E-state index is 0.906. The molecule has 0 bridgehead atoms. The van der Waals surface area contributed by atoms with Gasteiger partial charge in [-0.2, -0.15) is 0 Å². The van der Waals surface area contributed by atoms with Gasteiger partial charge in [-0.25, -0.2) is 0 Å². The van der Waals surface area contributed by atoms with Crippen LogP contribution in [0.3, 0.4) is 0 Å². The molecule has 1 heterocycles. The highest BCUT2D eigenvalue weighted by molar-refractivity contribution is 5.22. The van der Waals surface area contributed by atoms with E-state index in [-0.39, 0.29) is 0 Å². The maximum Gasteiger partial charge on any atom is -0.00190 e. The SMILES string of the molecule is CC.CCc1ccc(CC2CCN(C)CC2)cc1. The van der Waals surface area contributed by atoms with Crippen LogP contribution in [0.25, 0.3) is 0 Å². The number of likely N-dealkylation sites (tertiary alicyclic amines) is 1. The standard InChI is InChI=1S/C15H23N.C2H6/c1-3-13-4-6-14(7-5-13)12-15-8-10-16(2)11-9-15;1-2/h4-7,15H,3,8-12H2,1-2H3;1-2H3. The molecule has 1 nitrogen and oxygen atoms in total. The van der Waals surface area contributed by atoms with Crippen molar-refractivity contribution in [3.63, 3.8) is 0 Å². The Balaban J connectivity index is 0.000000771. The molecular weight excluding hydrogens is 218 g/mol. The van der Waals surface area contributed by atoms with Crippen molar-refractivity contribution in [1.29, 1.82) is 0 Å². The lowest BCUT2D eigenvalue weighted by Crippen LogP contribution is -2.30. The lowest BCUT2D eigenvalue weighted by Gasteiger charge is -2.28. The van der Waals surface area contributed by atoms with E-state index >= 15 is 0 Å². The molecule has 1 aliphatic rings. The highest BCUT2D eigenvalue weighted by atomic mass is 15.1. The van der Waals surface area contributed by atoms with Crippen LogP contribution in [0.1, 0.15) is 44.7 Å². The summed E-state index contributed by atoms with van der Waals surface area (Å²) < 4.78 is 0. The molecule has 0 N–H and O–H groups in total. The van der Waals surface area contributed by atoms with Gasteiger partial charge in [0.15, 0.2) is 0 Å². The van der Waals surface area contributed by atoms with Gasteiger partial charge in [0.25, 0.3) is 0 Å². The Labute approximate surface area is 113 Å². The number of aryl methyl sites for hydroxylation is 1. The molecule has 0 saturated carbocycles. The number of benzene rings is 1. The third-order valence-electron chi connectivity index (χ3n) is 3.79. The first-order chi connectivity index (χ1) is 8.78. The molecule has 0 radical (unpaired) electrons. The predicted molar refractivity (Wildman–Crippen MR) is 81.1 cm³/mol. The molecule has 0 atom stereocenters. The lowest BCUT2D eigenvalue weighted by atomic mass is 9.90. The van der Waals surface area contributed by atoms with Crippen LogP contribution in [0, 0.1) is 5.92 Å². The monoisotopic (exact) mass is 247 g/mol. The van der Waals surface area contributed by atoms with Crippen LogP contribution in [0.4, 0.5) is 0 Å². The number of piperidine rings is 1. The molecule has 0 spiro atoms. The van der Waals surface area contributed by atoms with Gasteiger partial charge in [-0.15, -0.1) is 0 Å². The minimum atomic E-state index is 0.906. The summed E-state index contributed by atoms with van der Waals surface area (Å²) in [4.78, 5) is 2.44. The van der Waals surface area contributed by atoms with Crippen LogP contribution in [-0.4, -0.2) is 25.0 Å². The first kappa shape index (κ1) is 15.2. The van der Waals surface area contributed by atoms with Crippen molar-refractivity contribution < 1.29 is 0 Å². The van der Waals surface area contributed by atoms with Gasteiger partial charge in [-0.1, -0.05) is 45.0 Å². The number of rotatable bonds is 3. The smallest absolute Gasteiger partial charge is 0.00190 e. The first-order valence-corrected chi connectivity index (χ1v) is 7.54. The van der Waals surface area contributed by atoms with Crippen molar-refractivity contribution in [2.24, 2.45) is 5.92 Å². The molecule has 0 unspecified atom stereocenters. The Morgan fingerprint density at radius 3 is 2.00 bits per heavy atom. The third-order valence-corrected chi connectivity index (χ3v) is 3.79. The van der Waals surface area contributed by atoms with E-state index in [2.05, 4.69) is 43.1 Å². The lowest BCUT2D eigenvalue weighted by molar-refractivity contribution is 0.219. The zero-order valence-corrected chi connectivity index (χ0v) is 12.6. The second kappa shape index (κ2) is 8.31. The normalized spacial score (nSPS) is 17.1. The van der Waals surface area contributed by atoms with Gasteiger partial charge in [0.1, 0.15) is 0 Å². The van der Waals surface area contributed by atoms with E-state index in [1.165, 1.54) is 43.5 Å². The van der Waals surface area contributed by atoms with E-state index in [4.69, 9.17) is 0 Å². The zero-order valence-electron chi connectivity index (χ0n) is 12.6. The van der Waals surface area contributed by atoms with Gasteiger partial charge in [-0.3, -0.25) is 0 Å². The average Bonchev–Trinajstić information content (AvgIpc) is 2.44. The maximum atomic E-state index is 2.44. The first-order valence-electron chi connectivity index (χ1n) is 7.54. The summed E-state index contributed by atoms with van der Waals surface area (Å²) in [6, 6.07) is 9.20. The summed E-state index contributed by atoms with van der Waals surface area (Å²) >= 11 is 0. The molecule has 2 rings (SSSR count). The molecule has 1 aromatic carbocycles. The van der Waals surface area contributed by atoms with Gasteiger partial charge in [-0.05, 0) is 62.9 Å². The number of hydrogen-bond acceptors (Lipinski definition) is 1. The van der Waals surface area contributed by atoms with Gasteiger partial charge in [0.05, 0.1) is 0 Å². The fourth-order valence-corrected chi connectivity index (χ4v) is 2.51. The zero-order chi connectivity index (χ0) is 13.4. The van der Waals surface area contributed by atoms with E-state index in [1.54, 1.807) is 0 Å². The van der Waals surface area contributed by atoms with Crippen LogP contribution in [0.2, 0.25) is 0 Å². The second-order valence-corrected chi connectivity index (χ2v) is 5.12. The maximum absolute atomic E-state index is 2.44. The summed E-state index contributed by atoms with van der Waals surface area (Å²) in [5, 5.41) is 0. The molecule has 1 aliphatic heterocycles. The molecule has 1 heteroatoms. The summed E-state index contributed by atoms with van der Waals surface area (Å²) in [6.07, 6.45) is 5.16. The molecule has 0 aliphatic carbocycles. The van der Waals surface area contributed by atoms with E-state index in [0.29, 0.717) is 0 Å². The molecule has 0 aromatic heterocycles. The van der Waals surface area contributed by atoms with E-state index in [0.717, 1.165) is 12.3 Å². The Bertz CT molecular complexity index is 307.